The predicted octanol–water partition coefficient (Wildman–Crippen LogP) is 1.74. The average Bonchev–Trinajstić information content (AvgIpc) is 2.79. The highest BCUT2D eigenvalue weighted by atomic mass is 35.5. The maximum absolute atomic E-state index is 13.0. The lowest BCUT2D eigenvalue weighted by Gasteiger charge is -2.16. The van der Waals surface area contributed by atoms with Crippen LogP contribution in [0.3, 0.4) is 0 Å². The minimum atomic E-state index is -3.09. The SMILES string of the molecule is Cc1cc2c(cc1C)OC(C(=O)NCC(F)(F)CN)C2.Cl. The van der Waals surface area contributed by atoms with E-state index in [1.54, 1.807) is 0 Å². The lowest BCUT2D eigenvalue weighted by molar-refractivity contribution is -0.129. The summed E-state index contributed by atoms with van der Waals surface area (Å²) < 4.78 is 31.5. The lowest BCUT2D eigenvalue weighted by atomic mass is 10.0. The number of benzene rings is 1. The molecule has 1 heterocycles. The van der Waals surface area contributed by atoms with Gasteiger partial charge in [0.15, 0.2) is 6.10 Å². The molecule has 118 valence electrons. The van der Waals surface area contributed by atoms with E-state index in [-0.39, 0.29) is 12.4 Å². The van der Waals surface area contributed by atoms with Gasteiger partial charge in [0, 0.05) is 6.42 Å². The van der Waals surface area contributed by atoms with Gasteiger partial charge in [0.25, 0.3) is 11.8 Å². The van der Waals surface area contributed by atoms with Crippen molar-refractivity contribution in [3.05, 3.63) is 28.8 Å². The fourth-order valence-corrected chi connectivity index (χ4v) is 2.06. The van der Waals surface area contributed by atoms with Crippen molar-refractivity contribution in [2.24, 2.45) is 5.73 Å². The molecule has 0 spiro atoms. The number of carbonyl (C=O) groups excluding carboxylic acids is 1. The molecule has 0 aliphatic carbocycles. The van der Waals surface area contributed by atoms with Crippen molar-refractivity contribution in [1.82, 2.24) is 5.32 Å². The van der Waals surface area contributed by atoms with Crippen LogP contribution in [-0.4, -0.2) is 31.0 Å². The molecule has 7 heteroatoms. The topological polar surface area (TPSA) is 64.3 Å². The number of hydrogen-bond donors (Lipinski definition) is 2. The zero-order chi connectivity index (χ0) is 14.9. The summed E-state index contributed by atoms with van der Waals surface area (Å²) in [5.74, 6) is -2.97. The van der Waals surface area contributed by atoms with Gasteiger partial charge in [0.05, 0.1) is 13.1 Å². The summed E-state index contributed by atoms with van der Waals surface area (Å²) in [4.78, 5) is 11.8. The molecule has 1 aliphatic rings. The first kappa shape index (κ1) is 17.7. The van der Waals surface area contributed by atoms with Crippen LogP contribution in [0.2, 0.25) is 0 Å². The van der Waals surface area contributed by atoms with Crippen LogP contribution >= 0.6 is 12.4 Å². The highest BCUT2D eigenvalue weighted by Gasteiger charge is 2.33. The molecule has 21 heavy (non-hydrogen) atoms. The third kappa shape index (κ3) is 4.04. The van der Waals surface area contributed by atoms with Crippen molar-refractivity contribution in [2.75, 3.05) is 13.1 Å². The molecular weight excluding hydrogens is 302 g/mol. The summed E-state index contributed by atoms with van der Waals surface area (Å²) in [5, 5.41) is 2.19. The molecule has 1 atom stereocenters. The summed E-state index contributed by atoms with van der Waals surface area (Å²) in [6.07, 6.45) is -0.351. The number of nitrogens with one attached hydrogen (secondary N) is 1. The molecule has 1 aromatic carbocycles. The molecule has 0 aromatic heterocycles. The van der Waals surface area contributed by atoms with Crippen LogP contribution in [0, 0.1) is 13.8 Å². The Bertz CT molecular complexity index is 507. The molecule has 1 unspecified atom stereocenters. The number of ether oxygens (including phenoxy) is 1. The summed E-state index contributed by atoms with van der Waals surface area (Å²) in [7, 11) is 0. The number of hydrogen-bond acceptors (Lipinski definition) is 3. The third-order valence-electron chi connectivity index (χ3n) is 3.46. The molecule has 0 bridgehead atoms. The van der Waals surface area contributed by atoms with Gasteiger partial charge in [-0.2, -0.15) is 0 Å². The van der Waals surface area contributed by atoms with Gasteiger partial charge in [-0.25, -0.2) is 8.78 Å². The standard InChI is InChI=1S/C14H18F2N2O2.ClH/c1-8-3-10-5-12(20-11(10)4-9(8)2)13(19)18-7-14(15,16)6-17;/h3-4,12H,5-7,17H2,1-2H3,(H,18,19);1H. The van der Waals surface area contributed by atoms with Crippen molar-refractivity contribution >= 4 is 18.3 Å². The Labute approximate surface area is 128 Å². The first-order valence-electron chi connectivity index (χ1n) is 6.45. The van der Waals surface area contributed by atoms with E-state index < -0.39 is 31.0 Å². The van der Waals surface area contributed by atoms with Gasteiger partial charge in [-0.15, -0.1) is 12.4 Å². The number of carbonyl (C=O) groups is 1. The van der Waals surface area contributed by atoms with Gasteiger partial charge < -0.3 is 15.8 Å². The maximum atomic E-state index is 13.0. The Kier molecular flexibility index (Phi) is 5.53. The van der Waals surface area contributed by atoms with E-state index in [4.69, 9.17) is 10.5 Å². The largest absolute Gasteiger partial charge is 0.480 e. The van der Waals surface area contributed by atoms with E-state index in [1.165, 1.54) is 0 Å². The van der Waals surface area contributed by atoms with Crippen LogP contribution in [0.1, 0.15) is 16.7 Å². The molecule has 1 aromatic rings. The van der Waals surface area contributed by atoms with Gasteiger partial charge in [-0.3, -0.25) is 4.79 Å². The van der Waals surface area contributed by atoms with Gasteiger partial charge >= 0.3 is 0 Å². The highest BCUT2D eigenvalue weighted by molar-refractivity contribution is 5.85. The second-order valence-corrected chi connectivity index (χ2v) is 5.13. The monoisotopic (exact) mass is 320 g/mol. The van der Waals surface area contributed by atoms with Crippen molar-refractivity contribution in [3.63, 3.8) is 0 Å². The average molecular weight is 321 g/mol. The van der Waals surface area contributed by atoms with E-state index >= 15 is 0 Å². The normalized spacial score (nSPS) is 16.7. The number of rotatable bonds is 4. The number of aryl methyl sites for hydroxylation is 2. The Morgan fingerprint density at radius 3 is 2.67 bits per heavy atom. The Morgan fingerprint density at radius 2 is 2.05 bits per heavy atom. The van der Waals surface area contributed by atoms with E-state index in [9.17, 15) is 13.6 Å². The molecule has 1 aliphatic heterocycles. The quantitative estimate of drug-likeness (QED) is 0.888. The van der Waals surface area contributed by atoms with E-state index in [0.29, 0.717) is 12.2 Å². The summed E-state index contributed by atoms with van der Waals surface area (Å²) in [6, 6.07) is 3.83. The fraction of sp³-hybridized carbons (Fsp3) is 0.500. The zero-order valence-electron chi connectivity index (χ0n) is 11.9. The van der Waals surface area contributed by atoms with Gasteiger partial charge in [0.2, 0.25) is 0 Å². The highest BCUT2D eigenvalue weighted by Crippen LogP contribution is 2.31. The molecule has 0 saturated heterocycles. The van der Waals surface area contributed by atoms with E-state index in [0.717, 1.165) is 16.7 Å². The van der Waals surface area contributed by atoms with Gasteiger partial charge in [0.1, 0.15) is 5.75 Å². The minimum absolute atomic E-state index is 0. The lowest BCUT2D eigenvalue weighted by Crippen LogP contribution is -2.46. The summed E-state index contributed by atoms with van der Waals surface area (Å²) in [6.45, 7) is 2.37. The van der Waals surface area contributed by atoms with Gasteiger partial charge in [-0.05, 0) is 36.6 Å². The third-order valence-corrected chi connectivity index (χ3v) is 3.46. The number of nitrogens with two attached hydrogens (primary N) is 1. The van der Waals surface area contributed by atoms with Crippen molar-refractivity contribution in [1.29, 1.82) is 0 Å². The zero-order valence-corrected chi connectivity index (χ0v) is 12.7. The van der Waals surface area contributed by atoms with Crippen LogP contribution in [-0.2, 0) is 11.2 Å². The van der Waals surface area contributed by atoms with Crippen molar-refractivity contribution in [3.8, 4) is 5.75 Å². The second-order valence-electron chi connectivity index (χ2n) is 5.13. The summed E-state index contributed by atoms with van der Waals surface area (Å²) >= 11 is 0. The van der Waals surface area contributed by atoms with Crippen LogP contribution in [0.5, 0.6) is 5.75 Å². The molecule has 2 rings (SSSR count). The molecule has 0 radical (unpaired) electrons. The Balaban J connectivity index is 0.00000220. The molecule has 0 saturated carbocycles. The second kappa shape index (κ2) is 6.58. The molecule has 1 amide bonds. The minimum Gasteiger partial charge on any atom is -0.480 e. The predicted molar refractivity (Wildman–Crippen MR) is 78.3 cm³/mol. The Hall–Kier alpha value is -1.40. The summed E-state index contributed by atoms with van der Waals surface area (Å²) in [5.41, 5.74) is 8.03. The maximum Gasteiger partial charge on any atom is 0.277 e. The molecule has 4 nitrogen and oxygen atoms in total. The number of alkyl halides is 2. The van der Waals surface area contributed by atoms with E-state index in [1.807, 2.05) is 26.0 Å². The van der Waals surface area contributed by atoms with Gasteiger partial charge in [-0.1, -0.05) is 6.07 Å². The molecule has 3 N–H and O–H groups in total. The molecular formula is C14H19ClF2N2O2. The van der Waals surface area contributed by atoms with E-state index in [2.05, 4.69) is 5.32 Å². The first-order chi connectivity index (χ1) is 9.32. The van der Waals surface area contributed by atoms with Crippen LogP contribution < -0.4 is 15.8 Å². The number of amides is 1. The number of fused-ring (bicyclic) bond motifs is 1. The van der Waals surface area contributed by atoms with Crippen molar-refractivity contribution in [2.45, 2.75) is 32.3 Å². The molecule has 0 fully saturated rings. The fourth-order valence-electron chi connectivity index (χ4n) is 2.06. The number of halogens is 3. The van der Waals surface area contributed by atoms with Crippen LogP contribution in [0.25, 0.3) is 0 Å². The smallest absolute Gasteiger partial charge is 0.277 e. The van der Waals surface area contributed by atoms with Crippen LogP contribution in [0.15, 0.2) is 12.1 Å². The van der Waals surface area contributed by atoms with Crippen molar-refractivity contribution < 1.29 is 18.3 Å². The Morgan fingerprint density at radius 1 is 1.43 bits per heavy atom. The van der Waals surface area contributed by atoms with Crippen LogP contribution in [0.4, 0.5) is 8.78 Å². The first-order valence-corrected chi connectivity index (χ1v) is 6.45.